The molecule has 0 unspecified atom stereocenters. The van der Waals surface area contributed by atoms with Crippen LogP contribution in [-0.4, -0.2) is 23.3 Å². The summed E-state index contributed by atoms with van der Waals surface area (Å²) in [6.07, 6.45) is 2.45. The molecule has 0 amide bonds. The molecule has 1 aliphatic rings. The Kier molecular flexibility index (Phi) is 3.87. The molecule has 1 aliphatic heterocycles. The highest BCUT2D eigenvalue weighted by molar-refractivity contribution is 6.10. The van der Waals surface area contributed by atoms with E-state index in [1.54, 1.807) is 6.07 Å². The number of carbonyl (C=O) groups excluding carboxylic acids is 1. The topological polar surface area (TPSA) is 48.5 Å². The molecule has 28 heavy (non-hydrogen) atoms. The Morgan fingerprint density at radius 1 is 0.893 bits per heavy atom. The lowest BCUT2D eigenvalue weighted by Crippen LogP contribution is -2.17. The molecule has 1 fully saturated rings. The predicted octanol–water partition coefficient (Wildman–Crippen LogP) is 4.80. The van der Waals surface area contributed by atoms with E-state index in [1.165, 1.54) is 12.8 Å². The van der Waals surface area contributed by atoms with Crippen molar-refractivity contribution in [2.75, 3.05) is 18.0 Å². The summed E-state index contributed by atoms with van der Waals surface area (Å²) in [6.45, 7) is 2.16. The van der Waals surface area contributed by atoms with Crippen LogP contribution in [0.2, 0.25) is 0 Å². The van der Waals surface area contributed by atoms with Gasteiger partial charge >= 0.3 is 0 Å². The molecule has 0 aliphatic carbocycles. The van der Waals surface area contributed by atoms with Crippen LogP contribution in [0.4, 0.5) is 5.69 Å². The minimum atomic E-state index is -0.0687. The number of benzene rings is 2. The normalized spacial score (nSPS) is 13.9. The van der Waals surface area contributed by atoms with E-state index in [4.69, 9.17) is 0 Å². The molecule has 3 heterocycles. The first kappa shape index (κ1) is 16.6. The largest absolute Gasteiger partial charge is 0.372 e. The van der Waals surface area contributed by atoms with Crippen LogP contribution in [0.25, 0.3) is 16.4 Å². The number of ketones is 1. The van der Waals surface area contributed by atoms with Crippen LogP contribution in [-0.2, 0) is 0 Å². The lowest BCUT2D eigenvalue weighted by molar-refractivity contribution is 0.103. The smallest absolute Gasteiger partial charge is 0.209 e. The lowest BCUT2D eigenvalue weighted by Gasteiger charge is -2.17. The third kappa shape index (κ3) is 2.56. The Labute approximate surface area is 163 Å². The number of nitrogens with zero attached hydrogens (tertiary/aromatic N) is 3. The van der Waals surface area contributed by atoms with Gasteiger partial charge in [0, 0.05) is 24.3 Å². The lowest BCUT2D eigenvalue weighted by atomic mass is 10.1. The van der Waals surface area contributed by atoms with Crippen molar-refractivity contribution in [3.8, 4) is 6.07 Å². The van der Waals surface area contributed by atoms with Crippen LogP contribution < -0.4 is 4.90 Å². The molecule has 2 aromatic carbocycles. The monoisotopic (exact) mass is 365 g/mol. The maximum Gasteiger partial charge on any atom is 0.209 e. The van der Waals surface area contributed by atoms with Gasteiger partial charge in [-0.25, -0.2) is 0 Å². The number of hydrogen-bond acceptors (Lipinski definition) is 3. The van der Waals surface area contributed by atoms with E-state index in [0.717, 1.165) is 35.2 Å². The molecule has 5 rings (SSSR count). The molecule has 0 spiro atoms. The molecule has 136 valence electrons. The van der Waals surface area contributed by atoms with Gasteiger partial charge in [-0.05, 0) is 60.7 Å². The number of pyridine rings is 1. The average molecular weight is 365 g/mol. The third-order valence-electron chi connectivity index (χ3n) is 5.59. The fourth-order valence-corrected chi connectivity index (χ4v) is 4.15. The zero-order chi connectivity index (χ0) is 19.1. The van der Waals surface area contributed by atoms with Crippen molar-refractivity contribution in [1.82, 2.24) is 4.40 Å². The van der Waals surface area contributed by atoms with Crippen LogP contribution in [0.5, 0.6) is 0 Å². The fourth-order valence-electron chi connectivity index (χ4n) is 4.15. The second kappa shape index (κ2) is 6.54. The van der Waals surface area contributed by atoms with Crippen LogP contribution in [0.1, 0.15) is 34.5 Å². The van der Waals surface area contributed by atoms with Gasteiger partial charge in [-0.2, -0.15) is 5.26 Å². The maximum atomic E-state index is 13.3. The van der Waals surface area contributed by atoms with E-state index in [-0.39, 0.29) is 5.78 Å². The van der Waals surface area contributed by atoms with E-state index in [9.17, 15) is 10.1 Å². The first-order valence-corrected chi connectivity index (χ1v) is 9.59. The summed E-state index contributed by atoms with van der Waals surface area (Å²) in [7, 11) is 0. The highest BCUT2D eigenvalue weighted by Gasteiger charge is 2.19. The Morgan fingerprint density at radius 2 is 1.64 bits per heavy atom. The van der Waals surface area contributed by atoms with Crippen LogP contribution in [0.15, 0.2) is 66.7 Å². The second-order valence-electron chi connectivity index (χ2n) is 7.24. The summed E-state index contributed by atoms with van der Waals surface area (Å²) in [4.78, 5) is 15.7. The van der Waals surface area contributed by atoms with Gasteiger partial charge < -0.3 is 9.30 Å². The minimum Gasteiger partial charge on any atom is -0.372 e. The zero-order valence-electron chi connectivity index (χ0n) is 15.4. The Hall–Kier alpha value is -3.58. The Bertz CT molecular complexity index is 1240. The predicted molar refractivity (Wildman–Crippen MR) is 111 cm³/mol. The van der Waals surface area contributed by atoms with Gasteiger partial charge in [-0.15, -0.1) is 0 Å². The van der Waals surface area contributed by atoms with Gasteiger partial charge in [0.2, 0.25) is 5.78 Å². The molecule has 0 saturated carbocycles. The summed E-state index contributed by atoms with van der Waals surface area (Å²) in [6, 6.07) is 23.6. The van der Waals surface area contributed by atoms with E-state index in [2.05, 4.69) is 11.0 Å². The molecule has 1 saturated heterocycles. The number of hydrogen-bond donors (Lipinski definition) is 0. The van der Waals surface area contributed by atoms with Gasteiger partial charge in [-0.1, -0.05) is 24.3 Å². The van der Waals surface area contributed by atoms with E-state index in [0.29, 0.717) is 16.8 Å². The zero-order valence-corrected chi connectivity index (χ0v) is 15.4. The molecule has 2 aromatic heterocycles. The maximum absolute atomic E-state index is 13.3. The van der Waals surface area contributed by atoms with Gasteiger partial charge in [-0.3, -0.25) is 4.79 Å². The minimum absolute atomic E-state index is 0.0687. The average Bonchev–Trinajstić information content (AvgIpc) is 3.41. The van der Waals surface area contributed by atoms with Crippen molar-refractivity contribution < 1.29 is 4.79 Å². The van der Waals surface area contributed by atoms with Crippen LogP contribution in [0, 0.1) is 11.3 Å². The molecule has 4 nitrogen and oxygen atoms in total. The number of carbonyl (C=O) groups is 1. The number of anilines is 1. The molecule has 0 radical (unpaired) electrons. The summed E-state index contributed by atoms with van der Waals surface area (Å²) in [5, 5.41) is 10.6. The summed E-state index contributed by atoms with van der Waals surface area (Å²) < 4.78 is 1.91. The van der Waals surface area contributed by atoms with Crippen molar-refractivity contribution >= 4 is 27.9 Å². The Morgan fingerprint density at radius 3 is 2.39 bits per heavy atom. The van der Waals surface area contributed by atoms with Gasteiger partial charge in [0.05, 0.1) is 22.3 Å². The summed E-state index contributed by atoms with van der Waals surface area (Å²) in [5.74, 6) is -0.0687. The number of nitriles is 1. The third-order valence-corrected chi connectivity index (χ3v) is 5.59. The second-order valence-corrected chi connectivity index (χ2v) is 7.24. The summed E-state index contributed by atoms with van der Waals surface area (Å²) >= 11 is 0. The van der Waals surface area contributed by atoms with E-state index >= 15 is 0 Å². The number of aromatic nitrogens is 1. The SMILES string of the molecule is N#Cc1cc(C(=O)c2ccc(N3CCCC3)cc2)n2c1ccc1ccccc12. The summed E-state index contributed by atoms with van der Waals surface area (Å²) in [5.41, 5.74) is 4.54. The molecular weight excluding hydrogens is 346 g/mol. The van der Waals surface area contributed by atoms with Gasteiger partial charge in [0.25, 0.3) is 0 Å². The van der Waals surface area contributed by atoms with Crippen molar-refractivity contribution in [3.63, 3.8) is 0 Å². The van der Waals surface area contributed by atoms with Crippen molar-refractivity contribution in [3.05, 3.63) is 83.6 Å². The highest BCUT2D eigenvalue weighted by Crippen LogP contribution is 2.26. The first-order chi connectivity index (χ1) is 13.8. The van der Waals surface area contributed by atoms with Crippen molar-refractivity contribution in [2.24, 2.45) is 0 Å². The first-order valence-electron chi connectivity index (χ1n) is 9.59. The van der Waals surface area contributed by atoms with Gasteiger partial charge in [0.15, 0.2) is 0 Å². The number of fused-ring (bicyclic) bond motifs is 3. The quantitative estimate of drug-likeness (QED) is 0.490. The number of para-hydroxylation sites is 1. The molecule has 0 atom stereocenters. The van der Waals surface area contributed by atoms with Crippen LogP contribution in [0.3, 0.4) is 0 Å². The van der Waals surface area contributed by atoms with Crippen LogP contribution >= 0.6 is 0 Å². The van der Waals surface area contributed by atoms with Gasteiger partial charge in [0.1, 0.15) is 6.07 Å². The molecule has 4 aromatic rings. The molecule has 4 heteroatoms. The highest BCUT2D eigenvalue weighted by atomic mass is 16.1. The Balaban J connectivity index is 1.63. The van der Waals surface area contributed by atoms with Crippen molar-refractivity contribution in [2.45, 2.75) is 12.8 Å². The molecule has 0 N–H and O–H groups in total. The fraction of sp³-hybridized carbons (Fsp3) is 0.167. The molecule has 0 bridgehead atoms. The standard InChI is InChI=1S/C24H19N3O/c25-16-19-15-23(27-21-6-2-1-5-17(21)9-12-22(19)27)24(28)18-7-10-20(11-8-18)26-13-3-4-14-26/h1-2,5-12,15H,3-4,13-14H2. The molecular formula is C24H19N3O. The van der Waals surface area contributed by atoms with E-state index < -0.39 is 0 Å². The van der Waals surface area contributed by atoms with Crippen molar-refractivity contribution in [1.29, 1.82) is 5.26 Å². The van der Waals surface area contributed by atoms with E-state index in [1.807, 2.05) is 65.1 Å². The number of rotatable bonds is 3.